The Bertz CT molecular complexity index is 733. The summed E-state index contributed by atoms with van der Waals surface area (Å²) in [5, 5.41) is 2.97. The molecule has 1 aliphatic rings. The van der Waals surface area contributed by atoms with E-state index in [-0.39, 0.29) is 17.7 Å². The van der Waals surface area contributed by atoms with Crippen LogP contribution in [-0.4, -0.2) is 43.4 Å². The van der Waals surface area contributed by atoms with Gasteiger partial charge in [-0.05, 0) is 17.7 Å². The van der Waals surface area contributed by atoms with Crippen molar-refractivity contribution in [3.8, 4) is 0 Å². The third kappa shape index (κ3) is 4.63. The number of likely N-dealkylation sites (tertiary alicyclic amines) is 1. The number of benzene rings is 2. The highest BCUT2D eigenvalue weighted by molar-refractivity contribution is 5.89. The maximum absolute atomic E-state index is 12.4. The van der Waals surface area contributed by atoms with Crippen LogP contribution in [0.1, 0.15) is 12.0 Å². The topological polar surface area (TPSA) is 52.7 Å². The lowest BCUT2D eigenvalue weighted by Gasteiger charge is -2.20. The maximum atomic E-state index is 12.4. The van der Waals surface area contributed by atoms with Gasteiger partial charge >= 0.3 is 0 Å². The Morgan fingerprint density at radius 1 is 1.12 bits per heavy atom. The van der Waals surface area contributed by atoms with Crippen molar-refractivity contribution in [3.63, 3.8) is 0 Å². The molecule has 1 unspecified atom stereocenters. The molecule has 26 heavy (non-hydrogen) atoms. The van der Waals surface area contributed by atoms with Crippen molar-refractivity contribution in [3.05, 3.63) is 66.2 Å². The SMILES string of the molecule is CN(CCNC(=O)C1CC(=O)N(Cc2ccccc2)C1)c1ccccc1. The normalized spacial score (nSPS) is 16.6. The lowest BCUT2D eigenvalue weighted by Crippen LogP contribution is -2.37. The summed E-state index contributed by atoms with van der Waals surface area (Å²) in [5.74, 6) is -0.237. The van der Waals surface area contributed by atoms with Crippen LogP contribution < -0.4 is 10.2 Å². The largest absolute Gasteiger partial charge is 0.373 e. The first-order chi connectivity index (χ1) is 12.6. The summed E-state index contributed by atoms with van der Waals surface area (Å²) in [5.41, 5.74) is 2.21. The van der Waals surface area contributed by atoms with Crippen LogP contribution in [-0.2, 0) is 16.1 Å². The Morgan fingerprint density at radius 2 is 1.77 bits per heavy atom. The Morgan fingerprint density at radius 3 is 2.46 bits per heavy atom. The molecule has 0 radical (unpaired) electrons. The molecule has 1 heterocycles. The van der Waals surface area contributed by atoms with Gasteiger partial charge < -0.3 is 15.1 Å². The molecular formula is C21H25N3O2. The molecule has 3 rings (SSSR count). The van der Waals surface area contributed by atoms with E-state index in [9.17, 15) is 9.59 Å². The van der Waals surface area contributed by atoms with E-state index in [1.165, 1.54) is 0 Å². The molecule has 5 heteroatoms. The van der Waals surface area contributed by atoms with Crippen molar-refractivity contribution >= 4 is 17.5 Å². The van der Waals surface area contributed by atoms with E-state index in [4.69, 9.17) is 0 Å². The van der Waals surface area contributed by atoms with Crippen molar-refractivity contribution in [2.24, 2.45) is 5.92 Å². The number of para-hydroxylation sites is 1. The zero-order valence-electron chi connectivity index (χ0n) is 15.1. The molecule has 0 aliphatic carbocycles. The highest BCUT2D eigenvalue weighted by Gasteiger charge is 2.33. The second kappa shape index (κ2) is 8.52. The first-order valence-corrected chi connectivity index (χ1v) is 8.99. The lowest BCUT2D eigenvalue weighted by molar-refractivity contribution is -0.129. The van der Waals surface area contributed by atoms with Crippen molar-refractivity contribution in [2.75, 3.05) is 31.6 Å². The molecule has 2 amide bonds. The molecule has 136 valence electrons. The molecule has 0 aromatic heterocycles. The molecule has 1 fully saturated rings. The van der Waals surface area contributed by atoms with Gasteiger partial charge in [-0.2, -0.15) is 0 Å². The van der Waals surface area contributed by atoms with Crippen molar-refractivity contribution in [2.45, 2.75) is 13.0 Å². The summed E-state index contributed by atoms with van der Waals surface area (Å²) in [6.45, 7) is 2.35. The van der Waals surface area contributed by atoms with E-state index < -0.39 is 0 Å². The Hall–Kier alpha value is -2.82. The molecule has 2 aromatic rings. The van der Waals surface area contributed by atoms with Crippen LogP contribution in [0.25, 0.3) is 0 Å². The van der Waals surface area contributed by atoms with Gasteiger partial charge in [0.05, 0.1) is 5.92 Å². The minimum atomic E-state index is -0.256. The van der Waals surface area contributed by atoms with Crippen LogP contribution in [0.4, 0.5) is 5.69 Å². The fraction of sp³-hybridized carbons (Fsp3) is 0.333. The molecular weight excluding hydrogens is 326 g/mol. The number of likely N-dealkylation sites (N-methyl/N-ethyl adjacent to an activating group) is 1. The van der Waals surface area contributed by atoms with Crippen LogP contribution >= 0.6 is 0 Å². The number of carbonyl (C=O) groups is 2. The molecule has 0 spiro atoms. The average molecular weight is 351 g/mol. The van der Waals surface area contributed by atoms with E-state index >= 15 is 0 Å². The van der Waals surface area contributed by atoms with Gasteiger partial charge in [0.15, 0.2) is 0 Å². The number of hydrogen-bond acceptors (Lipinski definition) is 3. The summed E-state index contributed by atoms with van der Waals surface area (Å²) >= 11 is 0. The first kappa shape index (κ1) is 18.0. The zero-order valence-corrected chi connectivity index (χ0v) is 15.1. The van der Waals surface area contributed by atoms with E-state index in [0.29, 0.717) is 26.1 Å². The van der Waals surface area contributed by atoms with Gasteiger partial charge in [-0.15, -0.1) is 0 Å². The Kier molecular flexibility index (Phi) is 5.89. The molecule has 1 atom stereocenters. The number of nitrogens with zero attached hydrogens (tertiary/aromatic N) is 2. The second-order valence-corrected chi connectivity index (χ2v) is 6.71. The van der Waals surface area contributed by atoms with Gasteiger partial charge in [0.2, 0.25) is 11.8 Å². The second-order valence-electron chi connectivity index (χ2n) is 6.71. The third-order valence-electron chi connectivity index (χ3n) is 4.74. The van der Waals surface area contributed by atoms with Crippen LogP contribution in [0.3, 0.4) is 0 Å². The van der Waals surface area contributed by atoms with Crippen LogP contribution in [0.5, 0.6) is 0 Å². The number of nitrogens with one attached hydrogen (secondary N) is 1. The van der Waals surface area contributed by atoms with E-state index in [0.717, 1.165) is 17.8 Å². The predicted molar refractivity (Wildman–Crippen MR) is 103 cm³/mol. The number of rotatable bonds is 7. The van der Waals surface area contributed by atoms with Gasteiger partial charge in [-0.25, -0.2) is 0 Å². The summed E-state index contributed by atoms with van der Waals surface area (Å²) in [4.78, 5) is 28.5. The van der Waals surface area contributed by atoms with Gasteiger partial charge in [-0.3, -0.25) is 9.59 Å². The van der Waals surface area contributed by atoms with Gasteiger partial charge in [0.25, 0.3) is 0 Å². The molecule has 1 saturated heterocycles. The summed E-state index contributed by atoms with van der Waals surface area (Å²) in [6.07, 6.45) is 0.299. The average Bonchev–Trinajstić information content (AvgIpc) is 3.04. The smallest absolute Gasteiger partial charge is 0.225 e. The minimum Gasteiger partial charge on any atom is -0.373 e. The van der Waals surface area contributed by atoms with Gasteiger partial charge in [0, 0.05) is 45.3 Å². The van der Waals surface area contributed by atoms with Gasteiger partial charge in [0.1, 0.15) is 0 Å². The summed E-state index contributed by atoms with van der Waals surface area (Å²) in [6, 6.07) is 19.9. The van der Waals surface area contributed by atoms with Crippen molar-refractivity contribution in [1.29, 1.82) is 0 Å². The fourth-order valence-corrected chi connectivity index (χ4v) is 3.21. The number of amides is 2. The molecule has 0 saturated carbocycles. The highest BCUT2D eigenvalue weighted by atomic mass is 16.2. The van der Waals surface area contributed by atoms with Crippen LogP contribution in [0.2, 0.25) is 0 Å². The summed E-state index contributed by atoms with van der Waals surface area (Å²) in [7, 11) is 2.00. The number of anilines is 1. The molecule has 5 nitrogen and oxygen atoms in total. The standard InChI is InChI=1S/C21H25N3O2/c1-23(19-10-6-3-7-11-19)13-12-22-21(26)18-14-20(25)24(16-18)15-17-8-4-2-5-9-17/h2-11,18H,12-16H2,1H3,(H,22,26). The highest BCUT2D eigenvalue weighted by Crippen LogP contribution is 2.20. The molecule has 1 N–H and O–H groups in total. The molecule has 0 bridgehead atoms. The van der Waals surface area contributed by atoms with Crippen LogP contribution in [0, 0.1) is 5.92 Å². The minimum absolute atomic E-state index is 0.0321. The van der Waals surface area contributed by atoms with Gasteiger partial charge in [-0.1, -0.05) is 48.5 Å². The molecule has 2 aromatic carbocycles. The monoisotopic (exact) mass is 351 g/mol. The first-order valence-electron chi connectivity index (χ1n) is 8.99. The Balaban J connectivity index is 1.44. The van der Waals surface area contributed by atoms with Crippen molar-refractivity contribution in [1.82, 2.24) is 10.2 Å². The fourth-order valence-electron chi connectivity index (χ4n) is 3.21. The predicted octanol–water partition coefficient (Wildman–Crippen LogP) is 2.29. The van der Waals surface area contributed by atoms with E-state index in [2.05, 4.69) is 10.2 Å². The maximum Gasteiger partial charge on any atom is 0.225 e. The quantitative estimate of drug-likeness (QED) is 0.833. The number of hydrogen-bond donors (Lipinski definition) is 1. The van der Waals surface area contributed by atoms with E-state index in [1.54, 1.807) is 4.90 Å². The summed E-state index contributed by atoms with van der Waals surface area (Å²) < 4.78 is 0. The van der Waals surface area contributed by atoms with Crippen molar-refractivity contribution < 1.29 is 9.59 Å². The Labute approximate surface area is 154 Å². The third-order valence-corrected chi connectivity index (χ3v) is 4.74. The van der Waals surface area contributed by atoms with E-state index in [1.807, 2.05) is 67.7 Å². The molecule has 1 aliphatic heterocycles. The zero-order chi connectivity index (χ0) is 18.4. The lowest BCUT2D eigenvalue weighted by atomic mass is 10.1. The number of carbonyl (C=O) groups excluding carboxylic acids is 2. The van der Waals surface area contributed by atoms with Crippen LogP contribution in [0.15, 0.2) is 60.7 Å².